The number of nitrogens with zero attached hydrogens (tertiary/aromatic N) is 2. The van der Waals surface area contributed by atoms with Gasteiger partial charge < -0.3 is 9.64 Å². The van der Waals surface area contributed by atoms with Gasteiger partial charge in [-0.3, -0.25) is 19.7 Å². The molecular formula is C21H31N3O7S. The number of urea groups is 1. The second-order valence-corrected chi connectivity index (χ2v) is 9.72. The summed E-state index contributed by atoms with van der Waals surface area (Å²) in [6.45, 7) is 4.36. The second kappa shape index (κ2) is 11.8. The summed E-state index contributed by atoms with van der Waals surface area (Å²) in [5, 5.41) is 9.08. The van der Waals surface area contributed by atoms with Gasteiger partial charge >= 0.3 is 6.03 Å². The normalized spacial score (nSPS) is 15.2. The zero-order valence-corrected chi connectivity index (χ0v) is 19.3. The van der Waals surface area contributed by atoms with Gasteiger partial charge in [0, 0.05) is 13.1 Å². The lowest BCUT2D eigenvalue weighted by Crippen LogP contribution is -2.44. The molecule has 1 atom stereocenters. The van der Waals surface area contributed by atoms with E-state index in [4.69, 9.17) is 9.94 Å². The second-order valence-electron chi connectivity index (χ2n) is 7.69. The van der Waals surface area contributed by atoms with E-state index in [9.17, 15) is 22.8 Å². The Hall–Kier alpha value is -2.66. The first-order chi connectivity index (χ1) is 15.2. The largest absolute Gasteiger partial charge is 0.494 e. The fourth-order valence-electron chi connectivity index (χ4n) is 3.26. The van der Waals surface area contributed by atoms with Gasteiger partial charge in [0.15, 0.2) is 9.84 Å². The van der Waals surface area contributed by atoms with Crippen molar-refractivity contribution in [3.63, 3.8) is 0 Å². The number of carbonyl (C=O) groups is 3. The van der Waals surface area contributed by atoms with Crippen molar-refractivity contribution in [2.45, 2.75) is 44.4 Å². The van der Waals surface area contributed by atoms with Crippen LogP contribution in [-0.2, 0) is 19.4 Å². The third-order valence-corrected chi connectivity index (χ3v) is 7.00. The summed E-state index contributed by atoms with van der Waals surface area (Å²) in [7, 11) is -3.95. The smallest absolute Gasteiger partial charge is 0.327 e. The molecule has 1 unspecified atom stereocenters. The van der Waals surface area contributed by atoms with Crippen molar-refractivity contribution in [1.29, 1.82) is 0 Å². The first-order valence-corrected chi connectivity index (χ1v) is 12.4. The highest BCUT2D eigenvalue weighted by Crippen LogP contribution is 2.21. The van der Waals surface area contributed by atoms with E-state index in [0.717, 1.165) is 30.6 Å². The molecule has 1 saturated heterocycles. The lowest BCUT2D eigenvalue weighted by atomic mass is 10.1. The van der Waals surface area contributed by atoms with Crippen molar-refractivity contribution >= 4 is 27.7 Å². The van der Waals surface area contributed by atoms with Crippen molar-refractivity contribution in [2.75, 3.05) is 32.0 Å². The maximum Gasteiger partial charge on any atom is 0.327 e. The molecule has 178 valence electrons. The highest BCUT2D eigenvalue weighted by Gasteiger charge is 2.39. The minimum absolute atomic E-state index is 0.0280. The van der Waals surface area contributed by atoms with Crippen LogP contribution < -0.4 is 10.2 Å². The third kappa shape index (κ3) is 6.67. The number of imide groups is 1. The Bertz CT molecular complexity index is 902. The van der Waals surface area contributed by atoms with E-state index in [1.54, 1.807) is 0 Å². The number of carbonyl (C=O) groups excluding carboxylic acids is 3. The monoisotopic (exact) mass is 469 g/mol. The number of hydroxylamine groups is 1. The van der Waals surface area contributed by atoms with Gasteiger partial charge in [-0.25, -0.2) is 18.7 Å². The van der Waals surface area contributed by atoms with Crippen LogP contribution in [0.1, 0.15) is 39.5 Å². The Labute approximate surface area is 188 Å². The van der Waals surface area contributed by atoms with Crippen molar-refractivity contribution in [3.05, 3.63) is 24.3 Å². The number of hydrogen-bond acceptors (Lipinski definition) is 7. The van der Waals surface area contributed by atoms with E-state index in [2.05, 4.69) is 0 Å². The number of hydrogen-bond donors (Lipinski definition) is 2. The van der Waals surface area contributed by atoms with Crippen molar-refractivity contribution in [1.82, 2.24) is 15.3 Å². The minimum atomic E-state index is -3.95. The first kappa shape index (κ1) is 25.6. The van der Waals surface area contributed by atoms with Gasteiger partial charge in [0.25, 0.3) is 0 Å². The van der Waals surface area contributed by atoms with Crippen LogP contribution in [0.25, 0.3) is 0 Å². The van der Waals surface area contributed by atoms with Crippen molar-refractivity contribution in [3.8, 4) is 5.75 Å². The van der Waals surface area contributed by atoms with Gasteiger partial charge in [-0.15, -0.1) is 0 Å². The Kier molecular flexibility index (Phi) is 9.45. The van der Waals surface area contributed by atoms with Gasteiger partial charge in [0.05, 0.1) is 23.2 Å². The summed E-state index contributed by atoms with van der Waals surface area (Å²) in [6, 6.07) is 5.25. The lowest BCUT2D eigenvalue weighted by molar-refractivity contribution is -0.134. The molecule has 1 heterocycles. The van der Waals surface area contributed by atoms with Gasteiger partial charge in [-0.2, -0.15) is 0 Å². The molecule has 11 heteroatoms. The third-order valence-electron chi connectivity index (χ3n) is 5.16. The molecule has 0 bridgehead atoms. The number of nitrogens with one attached hydrogen (secondary N) is 1. The maximum absolute atomic E-state index is 12.9. The van der Waals surface area contributed by atoms with Crippen LogP contribution in [0.3, 0.4) is 0 Å². The van der Waals surface area contributed by atoms with Crippen molar-refractivity contribution < 1.29 is 32.7 Å². The average molecular weight is 470 g/mol. The SMILES string of the molecule is CCCCOc1ccc(S(=O)(=O)CC(CN2C(=O)CN(CCCC)C2=O)C(=O)NO)cc1. The molecule has 0 radical (unpaired) electrons. The van der Waals surface area contributed by atoms with Crippen LogP contribution in [0.5, 0.6) is 5.75 Å². The van der Waals surface area contributed by atoms with Gasteiger partial charge in [0.2, 0.25) is 11.8 Å². The number of benzene rings is 1. The number of amides is 4. The Morgan fingerprint density at radius 3 is 2.41 bits per heavy atom. The van der Waals surface area contributed by atoms with E-state index < -0.39 is 45.9 Å². The van der Waals surface area contributed by atoms with Crippen LogP contribution in [0, 0.1) is 5.92 Å². The average Bonchev–Trinajstić information content (AvgIpc) is 3.04. The summed E-state index contributed by atoms with van der Waals surface area (Å²) in [6.07, 6.45) is 3.41. The van der Waals surface area contributed by atoms with E-state index in [1.165, 1.54) is 34.6 Å². The van der Waals surface area contributed by atoms with Crippen LogP contribution in [0.15, 0.2) is 29.2 Å². The molecule has 0 aromatic heterocycles. The van der Waals surface area contributed by atoms with Gasteiger partial charge in [-0.05, 0) is 37.1 Å². The first-order valence-electron chi connectivity index (χ1n) is 10.7. The molecule has 1 aromatic rings. The molecule has 2 rings (SSSR count). The van der Waals surface area contributed by atoms with Crippen LogP contribution in [-0.4, -0.2) is 73.3 Å². The molecule has 1 aliphatic rings. The fourth-order valence-corrected chi connectivity index (χ4v) is 4.79. The van der Waals surface area contributed by atoms with E-state index in [1.807, 2.05) is 13.8 Å². The topological polar surface area (TPSA) is 133 Å². The van der Waals surface area contributed by atoms with Gasteiger partial charge in [0.1, 0.15) is 12.3 Å². The van der Waals surface area contributed by atoms with E-state index in [0.29, 0.717) is 18.9 Å². The molecule has 1 aromatic carbocycles. The summed E-state index contributed by atoms with van der Waals surface area (Å²) in [5.74, 6) is -2.97. The number of sulfone groups is 1. The summed E-state index contributed by atoms with van der Waals surface area (Å²) >= 11 is 0. The van der Waals surface area contributed by atoms with E-state index in [-0.39, 0.29) is 11.4 Å². The highest BCUT2D eigenvalue weighted by molar-refractivity contribution is 7.91. The van der Waals surface area contributed by atoms with Gasteiger partial charge in [-0.1, -0.05) is 26.7 Å². The van der Waals surface area contributed by atoms with E-state index >= 15 is 0 Å². The maximum atomic E-state index is 12.9. The van der Waals surface area contributed by atoms with Crippen LogP contribution in [0.2, 0.25) is 0 Å². The molecule has 2 N–H and O–H groups in total. The summed E-state index contributed by atoms with van der Waals surface area (Å²) < 4.78 is 31.3. The predicted octanol–water partition coefficient (Wildman–Crippen LogP) is 1.83. The predicted molar refractivity (Wildman–Crippen MR) is 116 cm³/mol. The number of rotatable bonds is 13. The molecule has 0 aliphatic carbocycles. The zero-order valence-electron chi connectivity index (χ0n) is 18.5. The van der Waals surface area contributed by atoms with Crippen LogP contribution >= 0.6 is 0 Å². The molecule has 1 aliphatic heterocycles. The highest BCUT2D eigenvalue weighted by atomic mass is 32.2. The summed E-state index contributed by atoms with van der Waals surface area (Å²) in [5.41, 5.74) is 1.44. The molecule has 32 heavy (non-hydrogen) atoms. The quantitative estimate of drug-likeness (QED) is 0.195. The minimum Gasteiger partial charge on any atom is -0.494 e. The number of ether oxygens (including phenoxy) is 1. The summed E-state index contributed by atoms with van der Waals surface area (Å²) in [4.78, 5) is 39.2. The molecule has 4 amide bonds. The van der Waals surface area contributed by atoms with Crippen molar-refractivity contribution in [2.24, 2.45) is 5.92 Å². The lowest BCUT2D eigenvalue weighted by Gasteiger charge is -2.21. The Morgan fingerprint density at radius 2 is 1.81 bits per heavy atom. The zero-order chi connectivity index (χ0) is 23.7. The fraction of sp³-hybridized carbons (Fsp3) is 0.571. The molecule has 10 nitrogen and oxygen atoms in total. The molecule has 1 fully saturated rings. The molecule has 0 spiro atoms. The molecule has 0 saturated carbocycles. The molecular weight excluding hydrogens is 438 g/mol. The Balaban J connectivity index is 2.12. The van der Waals surface area contributed by atoms with Crippen LogP contribution in [0.4, 0.5) is 4.79 Å². The number of unbranched alkanes of at least 4 members (excludes halogenated alkanes) is 2. The Morgan fingerprint density at radius 1 is 1.16 bits per heavy atom. The standard InChI is InChI=1S/C21H31N3O7S/c1-3-5-11-23-14-19(25)24(21(23)27)13-16(20(26)22-28)15-32(29,30)18-9-7-17(8-10-18)31-12-6-4-2/h7-10,16,28H,3-6,11-15H2,1-2H3,(H,22,26).